The Bertz CT molecular complexity index is 543. The molecule has 0 amide bonds. The van der Waals surface area contributed by atoms with Crippen LogP contribution in [-0.4, -0.2) is 26.3 Å². The van der Waals surface area contributed by atoms with Gasteiger partial charge in [0.1, 0.15) is 11.6 Å². The first-order chi connectivity index (χ1) is 9.65. The van der Waals surface area contributed by atoms with E-state index < -0.39 is 5.97 Å². The third kappa shape index (κ3) is 4.02. The molecule has 0 fully saturated rings. The van der Waals surface area contributed by atoms with Crippen LogP contribution in [-0.2, 0) is 9.53 Å². The summed E-state index contributed by atoms with van der Waals surface area (Å²) >= 11 is 0. The molecule has 0 aliphatic rings. The van der Waals surface area contributed by atoms with Gasteiger partial charge in [0.05, 0.1) is 20.3 Å². The number of rotatable bonds is 6. The highest BCUT2D eigenvalue weighted by atomic mass is 16.5. The number of hydrogen-bond donors (Lipinski definition) is 0. The van der Waals surface area contributed by atoms with E-state index >= 15 is 0 Å². The summed E-state index contributed by atoms with van der Waals surface area (Å²) < 4.78 is 15.5. The van der Waals surface area contributed by atoms with Crippen LogP contribution in [0.15, 0.2) is 23.8 Å². The molecule has 0 aliphatic heterocycles. The Morgan fingerprint density at radius 1 is 1.25 bits per heavy atom. The molecule has 1 aromatic carbocycles. The number of carbonyl (C=O) groups excluding carboxylic acids is 1. The standard InChI is InChI=1S/C15H17NO4/c1-4-19-13-7-6-11(9-14(13)20-5-2)8-12(10-16)15(17)18-3/h6-9H,4-5H2,1-3H3/b12-8-. The van der Waals surface area contributed by atoms with Gasteiger partial charge in [-0.2, -0.15) is 5.26 Å². The lowest BCUT2D eigenvalue weighted by Gasteiger charge is -2.11. The summed E-state index contributed by atoms with van der Waals surface area (Å²) in [6, 6.07) is 7.01. The number of nitrogens with zero attached hydrogens (tertiary/aromatic N) is 1. The van der Waals surface area contributed by atoms with E-state index in [9.17, 15) is 4.79 Å². The van der Waals surface area contributed by atoms with Crippen molar-refractivity contribution in [3.8, 4) is 17.6 Å². The molecule has 20 heavy (non-hydrogen) atoms. The largest absolute Gasteiger partial charge is 0.490 e. The molecule has 0 saturated carbocycles. The van der Waals surface area contributed by atoms with Crippen LogP contribution in [0, 0.1) is 11.3 Å². The Kier molecular flexibility index (Phi) is 6.11. The Labute approximate surface area is 118 Å². The SMILES string of the molecule is CCOc1ccc(/C=C(/C#N)C(=O)OC)cc1OCC. The van der Waals surface area contributed by atoms with Gasteiger partial charge >= 0.3 is 5.97 Å². The van der Waals surface area contributed by atoms with E-state index in [1.807, 2.05) is 13.8 Å². The van der Waals surface area contributed by atoms with Crippen LogP contribution in [0.4, 0.5) is 0 Å². The van der Waals surface area contributed by atoms with Crippen LogP contribution >= 0.6 is 0 Å². The Balaban J connectivity index is 3.14. The van der Waals surface area contributed by atoms with Gasteiger partial charge < -0.3 is 14.2 Å². The van der Waals surface area contributed by atoms with Crippen molar-refractivity contribution in [2.24, 2.45) is 0 Å². The first-order valence-corrected chi connectivity index (χ1v) is 6.26. The average molecular weight is 275 g/mol. The minimum atomic E-state index is -0.667. The molecule has 0 unspecified atom stereocenters. The Morgan fingerprint density at radius 2 is 1.90 bits per heavy atom. The number of benzene rings is 1. The van der Waals surface area contributed by atoms with Gasteiger partial charge in [-0.05, 0) is 37.6 Å². The molecule has 0 heterocycles. The maximum atomic E-state index is 11.4. The summed E-state index contributed by atoms with van der Waals surface area (Å²) in [5, 5.41) is 8.93. The zero-order valence-corrected chi connectivity index (χ0v) is 11.8. The Morgan fingerprint density at radius 3 is 2.45 bits per heavy atom. The zero-order chi connectivity index (χ0) is 15.0. The summed E-state index contributed by atoms with van der Waals surface area (Å²) in [7, 11) is 1.23. The number of esters is 1. The average Bonchev–Trinajstić information content (AvgIpc) is 2.47. The van der Waals surface area contributed by atoms with Gasteiger partial charge in [0.25, 0.3) is 0 Å². The first kappa shape index (κ1) is 15.6. The van der Waals surface area contributed by atoms with Crippen molar-refractivity contribution < 1.29 is 19.0 Å². The fraction of sp³-hybridized carbons (Fsp3) is 0.333. The molecular formula is C15H17NO4. The number of ether oxygens (including phenoxy) is 3. The van der Waals surface area contributed by atoms with E-state index in [1.165, 1.54) is 13.2 Å². The molecule has 0 aromatic heterocycles. The molecule has 1 rings (SSSR count). The van der Waals surface area contributed by atoms with Gasteiger partial charge in [0, 0.05) is 0 Å². The molecule has 0 aliphatic carbocycles. The molecule has 0 saturated heterocycles. The minimum absolute atomic E-state index is 0.0703. The number of carbonyl (C=O) groups is 1. The van der Waals surface area contributed by atoms with E-state index in [0.29, 0.717) is 30.3 Å². The summed E-state index contributed by atoms with van der Waals surface area (Å²) in [6.07, 6.45) is 1.45. The van der Waals surface area contributed by atoms with Crippen molar-refractivity contribution >= 4 is 12.0 Å². The minimum Gasteiger partial charge on any atom is -0.490 e. The summed E-state index contributed by atoms with van der Waals surface area (Å²) in [5.74, 6) is 0.535. The third-order valence-electron chi connectivity index (χ3n) is 2.40. The lowest BCUT2D eigenvalue weighted by atomic mass is 10.1. The fourth-order valence-corrected chi connectivity index (χ4v) is 1.57. The predicted molar refractivity (Wildman–Crippen MR) is 74.4 cm³/mol. The molecule has 1 aromatic rings. The topological polar surface area (TPSA) is 68.5 Å². The van der Waals surface area contributed by atoms with Crippen molar-refractivity contribution in [1.82, 2.24) is 0 Å². The van der Waals surface area contributed by atoms with Crippen LogP contribution < -0.4 is 9.47 Å². The second-order valence-corrected chi connectivity index (χ2v) is 3.73. The zero-order valence-electron chi connectivity index (χ0n) is 11.8. The van der Waals surface area contributed by atoms with Crippen molar-refractivity contribution in [1.29, 1.82) is 5.26 Å². The molecule has 106 valence electrons. The molecule has 0 atom stereocenters. The summed E-state index contributed by atoms with van der Waals surface area (Å²) in [4.78, 5) is 11.4. The van der Waals surface area contributed by atoms with Gasteiger partial charge in [-0.1, -0.05) is 6.07 Å². The van der Waals surface area contributed by atoms with Gasteiger partial charge in [0.15, 0.2) is 11.5 Å². The third-order valence-corrected chi connectivity index (χ3v) is 2.40. The monoisotopic (exact) mass is 275 g/mol. The highest BCUT2D eigenvalue weighted by molar-refractivity contribution is 5.97. The van der Waals surface area contributed by atoms with Crippen molar-refractivity contribution in [2.45, 2.75) is 13.8 Å². The smallest absolute Gasteiger partial charge is 0.348 e. The maximum Gasteiger partial charge on any atom is 0.348 e. The van der Waals surface area contributed by atoms with Crippen LogP contribution in [0.1, 0.15) is 19.4 Å². The summed E-state index contributed by atoms with van der Waals surface area (Å²) in [5.41, 5.74) is 0.595. The summed E-state index contributed by atoms with van der Waals surface area (Å²) in [6.45, 7) is 4.78. The van der Waals surface area contributed by atoms with Gasteiger partial charge in [-0.3, -0.25) is 0 Å². The lowest BCUT2D eigenvalue weighted by Crippen LogP contribution is -2.03. The fourth-order valence-electron chi connectivity index (χ4n) is 1.57. The van der Waals surface area contributed by atoms with E-state index in [4.69, 9.17) is 14.7 Å². The van der Waals surface area contributed by atoms with Gasteiger partial charge in [0.2, 0.25) is 0 Å². The number of methoxy groups -OCH3 is 1. The van der Waals surface area contributed by atoms with E-state index in [-0.39, 0.29) is 5.57 Å². The number of nitriles is 1. The molecule has 0 bridgehead atoms. The van der Waals surface area contributed by atoms with Gasteiger partial charge in [-0.15, -0.1) is 0 Å². The van der Waals surface area contributed by atoms with Crippen LogP contribution in [0.5, 0.6) is 11.5 Å². The van der Waals surface area contributed by atoms with Crippen molar-refractivity contribution in [2.75, 3.05) is 20.3 Å². The molecule has 0 N–H and O–H groups in total. The van der Waals surface area contributed by atoms with E-state index in [0.717, 1.165) is 0 Å². The molecule has 0 radical (unpaired) electrons. The maximum absolute atomic E-state index is 11.4. The van der Waals surface area contributed by atoms with E-state index in [1.54, 1.807) is 24.3 Å². The molecule has 5 nitrogen and oxygen atoms in total. The van der Waals surface area contributed by atoms with Crippen LogP contribution in [0.25, 0.3) is 6.08 Å². The first-order valence-electron chi connectivity index (χ1n) is 6.26. The second kappa shape index (κ2) is 7.85. The molecule has 5 heteroatoms. The molecule has 0 spiro atoms. The van der Waals surface area contributed by atoms with Crippen LogP contribution in [0.2, 0.25) is 0 Å². The molecular weight excluding hydrogens is 258 g/mol. The normalized spacial score (nSPS) is 10.6. The van der Waals surface area contributed by atoms with E-state index in [2.05, 4.69) is 4.74 Å². The highest BCUT2D eigenvalue weighted by Gasteiger charge is 2.10. The van der Waals surface area contributed by atoms with Crippen molar-refractivity contribution in [3.05, 3.63) is 29.3 Å². The van der Waals surface area contributed by atoms with Gasteiger partial charge in [-0.25, -0.2) is 4.79 Å². The second-order valence-electron chi connectivity index (χ2n) is 3.73. The Hall–Kier alpha value is -2.48. The highest BCUT2D eigenvalue weighted by Crippen LogP contribution is 2.29. The lowest BCUT2D eigenvalue weighted by molar-refractivity contribution is -0.135. The van der Waals surface area contributed by atoms with Crippen molar-refractivity contribution in [3.63, 3.8) is 0 Å². The number of hydrogen-bond acceptors (Lipinski definition) is 5. The quantitative estimate of drug-likeness (QED) is 0.453. The predicted octanol–water partition coefficient (Wildman–Crippen LogP) is 2.56. The van der Waals surface area contributed by atoms with Crippen LogP contribution in [0.3, 0.4) is 0 Å².